The van der Waals surface area contributed by atoms with E-state index in [0.29, 0.717) is 12.1 Å². The van der Waals surface area contributed by atoms with Crippen LogP contribution in [0.1, 0.15) is 36.0 Å². The maximum Gasteiger partial charge on any atom is 0.335 e. The molecule has 0 aromatic heterocycles. The fourth-order valence-electron chi connectivity index (χ4n) is 3.37. The molecule has 27 heavy (non-hydrogen) atoms. The molecular weight excluding hydrogens is 344 g/mol. The third-order valence-electron chi connectivity index (χ3n) is 4.86. The van der Waals surface area contributed by atoms with Crippen molar-refractivity contribution >= 4 is 29.2 Å². The molecule has 0 saturated heterocycles. The largest absolute Gasteiger partial charge is 0.478 e. The Bertz CT molecular complexity index is 818. The lowest BCUT2D eigenvalue weighted by atomic mass is 9.80. The number of para-hydroxylation sites is 1. The van der Waals surface area contributed by atoms with Gasteiger partial charge in [0.05, 0.1) is 5.56 Å². The van der Waals surface area contributed by atoms with Gasteiger partial charge >= 0.3 is 5.97 Å². The van der Waals surface area contributed by atoms with Crippen LogP contribution in [-0.4, -0.2) is 22.9 Å². The van der Waals surface area contributed by atoms with Crippen LogP contribution in [0, 0.1) is 11.8 Å². The number of rotatable bonds is 5. The SMILES string of the molecule is O=C(O)c1ccc(NC(=O)[C@H]2CCC[C@@H](C(=O)Nc3ccccc3)C2)cc1. The lowest BCUT2D eigenvalue weighted by molar-refractivity contribution is -0.124. The van der Waals surface area contributed by atoms with E-state index in [2.05, 4.69) is 10.6 Å². The van der Waals surface area contributed by atoms with E-state index >= 15 is 0 Å². The van der Waals surface area contributed by atoms with Crippen LogP contribution in [0.4, 0.5) is 11.4 Å². The van der Waals surface area contributed by atoms with E-state index in [4.69, 9.17) is 5.11 Å². The molecule has 1 fully saturated rings. The summed E-state index contributed by atoms with van der Waals surface area (Å²) < 4.78 is 0. The van der Waals surface area contributed by atoms with Gasteiger partial charge < -0.3 is 15.7 Å². The number of nitrogens with one attached hydrogen (secondary N) is 2. The first-order valence-electron chi connectivity index (χ1n) is 9.03. The van der Waals surface area contributed by atoms with Gasteiger partial charge in [0.25, 0.3) is 0 Å². The van der Waals surface area contributed by atoms with Gasteiger partial charge in [0, 0.05) is 23.2 Å². The summed E-state index contributed by atoms with van der Waals surface area (Å²) in [6, 6.07) is 15.3. The number of carbonyl (C=O) groups is 3. The highest BCUT2D eigenvalue weighted by Crippen LogP contribution is 2.31. The summed E-state index contributed by atoms with van der Waals surface area (Å²) >= 11 is 0. The van der Waals surface area contributed by atoms with E-state index in [-0.39, 0.29) is 29.2 Å². The summed E-state index contributed by atoms with van der Waals surface area (Å²) in [5.41, 5.74) is 1.48. The maximum atomic E-state index is 12.6. The summed E-state index contributed by atoms with van der Waals surface area (Å²) in [7, 11) is 0. The van der Waals surface area contributed by atoms with Crippen LogP contribution in [0.3, 0.4) is 0 Å². The van der Waals surface area contributed by atoms with Gasteiger partial charge in [-0.25, -0.2) is 4.79 Å². The van der Waals surface area contributed by atoms with Crippen molar-refractivity contribution in [1.29, 1.82) is 0 Å². The Kier molecular flexibility index (Phi) is 5.86. The number of hydrogen-bond donors (Lipinski definition) is 3. The van der Waals surface area contributed by atoms with Crippen molar-refractivity contribution in [3.8, 4) is 0 Å². The van der Waals surface area contributed by atoms with Gasteiger partial charge in [-0.1, -0.05) is 24.6 Å². The van der Waals surface area contributed by atoms with Crippen LogP contribution in [0.2, 0.25) is 0 Å². The fraction of sp³-hybridized carbons (Fsp3) is 0.286. The van der Waals surface area contributed by atoms with Crippen molar-refractivity contribution in [1.82, 2.24) is 0 Å². The molecule has 0 bridgehead atoms. The lowest BCUT2D eigenvalue weighted by Crippen LogP contribution is -2.33. The van der Waals surface area contributed by atoms with Crippen molar-refractivity contribution in [3.05, 3.63) is 60.2 Å². The first-order chi connectivity index (χ1) is 13.0. The molecule has 1 aliphatic rings. The normalized spacial score (nSPS) is 19.1. The highest BCUT2D eigenvalue weighted by Gasteiger charge is 2.31. The van der Waals surface area contributed by atoms with Gasteiger partial charge in [-0.05, 0) is 55.7 Å². The minimum Gasteiger partial charge on any atom is -0.478 e. The third kappa shape index (κ3) is 4.94. The Hall–Kier alpha value is -3.15. The smallest absolute Gasteiger partial charge is 0.335 e. The number of anilines is 2. The van der Waals surface area contributed by atoms with Crippen LogP contribution < -0.4 is 10.6 Å². The Balaban J connectivity index is 1.57. The minimum absolute atomic E-state index is 0.0514. The first-order valence-corrected chi connectivity index (χ1v) is 9.03. The summed E-state index contributed by atoms with van der Waals surface area (Å²) in [4.78, 5) is 35.9. The zero-order valence-electron chi connectivity index (χ0n) is 14.9. The van der Waals surface area contributed by atoms with Gasteiger partial charge in [-0.3, -0.25) is 9.59 Å². The van der Waals surface area contributed by atoms with E-state index < -0.39 is 5.97 Å². The summed E-state index contributed by atoms with van der Waals surface area (Å²) in [5, 5.41) is 14.7. The average Bonchev–Trinajstić information content (AvgIpc) is 2.69. The first kappa shape index (κ1) is 18.6. The van der Waals surface area contributed by atoms with Crippen molar-refractivity contribution in [2.24, 2.45) is 11.8 Å². The molecule has 6 heteroatoms. The highest BCUT2D eigenvalue weighted by molar-refractivity contribution is 5.96. The molecule has 3 rings (SSSR count). The fourth-order valence-corrected chi connectivity index (χ4v) is 3.37. The predicted molar refractivity (Wildman–Crippen MR) is 103 cm³/mol. The van der Waals surface area contributed by atoms with Gasteiger partial charge in [0.2, 0.25) is 11.8 Å². The van der Waals surface area contributed by atoms with Crippen LogP contribution in [0.25, 0.3) is 0 Å². The van der Waals surface area contributed by atoms with Crippen molar-refractivity contribution < 1.29 is 19.5 Å². The number of benzene rings is 2. The molecule has 0 heterocycles. The van der Waals surface area contributed by atoms with E-state index in [1.54, 1.807) is 12.1 Å². The number of carbonyl (C=O) groups excluding carboxylic acids is 2. The molecule has 0 aliphatic heterocycles. The van der Waals surface area contributed by atoms with Gasteiger partial charge in [0.15, 0.2) is 0 Å². The Labute approximate surface area is 157 Å². The number of aromatic carboxylic acids is 1. The lowest BCUT2D eigenvalue weighted by Gasteiger charge is -2.27. The minimum atomic E-state index is -1.01. The zero-order chi connectivity index (χ0) is 19.2. The quantitative estimate of drug-likeness (QED) is 0.751. The second-order valence-corrected chi connectivity index (χ2v) is 6.79. The number of amides is 2. The molecule has 2 amide bonds. The maximum absolute atomic E-state index is 12.6. The van der Waals surface area contributed by atoms with Gasteiger partial charge in [-0.15, -0.1) is 0 Å². The van der Waals surface area contributed by atoms with E-state index in [1.807, 2.05) is 30.3 Å². The highest BCUT2D eigenvalue weighted by atomic mass is 16.4. The molecule has 2 aromatic carbocycles. The molecule has 6 nitrogen and oxygen atoms in total. The molecule has 1 aliphatic carbocycles. The summed E-state index contributed by atoms with van der Waals surface area (Å²) in [5.74, 6) is -1.61. The Morgan fingerprint density at radius 1 is 0.778 bits per heavy atom. The molecule has 0 unspecified atom stereocenters. The summed E-state index contributed by atoms with van der Waals surface area (Å²) in [6.45, 7) is 0. The molecule has 140 valence electrons. The molecule has 3 N–H and O–H groups in total. The molecule has 0 radical (unpaired) electrons. The molecule has 2 atom stereocenters. The monoisotopic (exact) mass is 366 g/mol. The molecule has 1 saturated carbocycles. The van der Waals surface area contributed by atoms with Crippen LogP contribution >= 0.6 is 0 Å². The second kappa shape index (κ2) is 8.49. The van der Waals surface area contributed by atoms with Gasteiger partial charge in [-0.2, -0.15) is 0 Å². The zero-order valence-corrected chi connectivity index (χ0v) is 14.9. The van der Waals surface area contributed by atoms with Crippen LogP contribution in [0.15, 0.2) is 54.6 Å². The molecule has 0 spiro atoms. The Morgan fingerprint density at radius 3 is 1.81 bits per heavy atom. The van der Waals surface area contributed by atoms with Crippen LogP contribution in [0.5, 0.6) is 0 Å². The number of carboxylic acid groups (broad SMARTS) is 1. The molecular formula is C21H22N2O4. The van der Waals surface area contributed by atoms with Crippen molar-refractivity contribution in [3.63, 3.8) is 0 Å². The topological polar surface area (TPSA) is 95.5 Å². The van der Waals surface area contributed by atoms with Crippen molar-refractivity contribution in [2.75, 3.05) is 10.6 Å². The molecule has 2 aromatic rings. The van der Waals surface area contributed by atoms with Gasteiger partial charge in [0.1, 0.15) is 0 Å². The summed E-state index contributed by atoms with van der Waals surface area (Å²) in [6.07, 6.45) is 2.85. The Morgan fingerprint density at radius 2 is 1.30 bits per heavy atom. The van der Waals surface area contributed by atoms with Crippen LogP contribution in [-0.2, 0) is 9.59 Å². The standard InChI is InChI=1S/C21H22N2O4/c24-19(22-17-7-2-1-3-8-17)15-5-4-6-16(13-15)20(25)23-18-11-9-14(10-12-18)21(26)27/h1-3,7-12,15-16H,4-6,13H2,(H,22,24)(H,23,25)(H,26,27)/t15-,16+/m1/s1. The number of hydrogen-bond acceptors (Lipinski definition) is 3. The average molecular weight is 366 g/mol. The van der Waals surface area contributed by atoms with Crippen molar-refractivity contribution in [2.45, 2.75) is 25.7 Å². The second-order valence-electron chi connectivity index (χ2n) is 6.79. The van der Waals surface area contributed by atoms with E-state index in [1.165, 1.54) is 12.1 Å². The van der Waals surface area contributed by atoms with E-state index in [0.717, 1.165) is 24.9 Å². The third-order valence-corrected chi connectivity index (χ3v) is 4.86. The predicted octanol–water partition coefficient (Wildman–Crippen LogP) is 3.77. The van der Waals surface area contributed by atoms with E-state index in [9.17, 15) is 14.4 Å². The number of carboxylic acids is 1.